The van der Waals surface area contributed by atoms with E-state index in [1.165, 1.54) is 6.07 Å². The minimum Gasteiger partial charge on any atom is -0.454 e. The second kappa shape index (κ2) is 8.58. The molecule has 13 heteroatoms. The van der Waals surface area contributed by atoms with Gasteiger partial charge in [-0.2, -0.15) is 23.1 Å². The van der Waals surface area contributed by atoms with Gasteiger partial charge in [0, 0.05) is 24.2 Å². The molecule has 0 spiro atoms. The van der Waals surface area contributed by atoms with Crippen molar-refractivity contribution >= 4 is 44.4 Å². The standard InChI is InChI=1S/C21H24BrF4N5O3/c1-20(2,3)34-19(32)31-10-4-5-11(31)8-30(7-10)17-12-6-13(27)14(22)15(23)16(12)28-18(29-17)33-9-21(24,25)26/h6,10-11H,4-5,7-9,27H2,1-3H3/t10-,11+. The van der Waals surface area contributed by atoms with Crippen LogP contribution in [0.5, 0.6) is 6.01 Å². The molecule has 2 aliphatic rings. The first-order valence-electron chi connectivity index (χ1n) is 10.6. The molecule has 0 radical (unpaired) electrons. The first kappa shape index (κ1) is 24.6. The number of aromatic nitrogens is 2. The average molecular weight is 550 g/mol. The molecule has 4 rings (SSSR count). The second-order valence-electron chi connectivity index (χ2n) is 9.40. The van der Waals surface area contributed by atoms with Crippen LogP contribution in [0.2, 0.25) is 0 Å². The third kappa shape index (κ3) is 4.93. The summed E-state index contributed by atoms with van der Waals surface area (Å²) in [6, 6.07) is 0.469. The first-order valence-corrected chi connectivity index (χ1v) is 11.4. The van der Waals surface area contributed by atoms with Crippen molar-refractivity contribution in [3.8, 4) is 6.01 Å². The highest BCUT2D eigenvalue weighted by Gasteiger charge is 2.45. The van der Waals surface area contributed by atoms with Gasteiger partial charge in [-0.05, 0) is 55.6 Å². The maximum absolute atomic E-state index is 15.0. The summed E-state index contributed by atoms with van der Waals surface area (Å²) in [5.74, 6) is -0.633. The zero-order valence-corrected chi connectivity index (χ0v) is 20.3. The molecule has 2 atom stereocenters. The van der Waals surface area contributed by atoms with Gasteiger partial charge in [0.1, 0.15) is 16.9 Å². The van der Waals surface area contributed by atoms with E-state index in [2.05, 4.69) is 25.9 Å². The van der Waals surface area contributed by atoms with Crippen molar-refractivity contribution in [2.75, 3.05) is 30.3 Å². The number of anilines is 2. The third-order valence-corrected chi connectivity index (χ3v) is 6.42. The molecule has 0 aliphatic carbocycles. The van der Waals surface area contributed by atoms with Gasteiger partial charge in [-0.25, -0.2) is 9.18 Å². The van der Waals surface area contributed by atoms with E-state index in [-0.39, 0.29) is 39.0 Å². The number of piperazine rings is 1. The van der Waals surface area contributed by atoms with Crippen LogP contribution in [0, 0.1) is 5.82 Å². The number of fused-ring (bicyclic) bond motifs is 3. The number of alkyl halides is 3. The molecule has 2 fully saturated rings. The van der Waals surface area contributed by atoms with Crippen molar-refractivity contribution in [2.24, 2.45) is 0 Å². The van der Waals surface area contributed by atoms with Crippen LogP contribution in [0.15, 0.2) is 10.5 Å². The molecule has 0 unspecified atom stereocenters. The number of halogens is 5. The van der Waals surface area contributed by atoms with Gasteiger partial charge in [0.15, 0.2) is 12.4 Å². The summed E-state index contributed by atoms with van der Waals surface area (Å²) in [6.45, 7) is 4.41. The quantitative estimate of drug-likeness (QED) is 0.440. The minimum absolute atomic E-state index is 0.0544. The molecule has 2 N–H and O–H groups in total. The molecule has 2 bridgehead atoms. The number of carbonyl (C=O) groups excluding carboxylic acids is 1. The average Bonchev–Trinajstić information content (AvgIpc) is 2.99. The summed E-state index contributed by atoms with van der Waals surface area (Å²) >= 11 is 3.04. The number of carbonyl (C=O) groups is 1. The van der Waals surface area contributed by atoms with E-state index in [1.54, 1.807) is 30.6 Å². The lowest BCUT2D eigenvalue weighted by Gasteiger charge is -2.42. The Hall–Kier alpha value is -2.57. The molecular formula is C21H24BrF4N5O3. The Morgan fingerprint density at radius 2 is 1.82 bits per heavy atom. The van der Waals surface area contributed by atoms with E-state index in [9.17, 15) is 22.4 Å². The SMILES string of the molecule is CC(C)(C)OC(=O)N1[C@@H]2CC[C@H]1CN(c1nc(OCC(F)(F)F)nc3c(F)c(Br)c(N)cc13)C2. The van der Waals surface area contributed by atoms with Gasteiger partial charge in [0.25, 0.3) is 0 Å². The number of nitrogen functional groups attached to an aromatic ring is 1. The molecule has 2 saturated heterocycles. The zero-order valence-electron chi connectivity index (χ0n) is 18.7. The van der Waals surface area contributed by atoms with Gasteiger partial charge in [0.2, 0.25) is 0 Å². The van der Waals surface area contributed by atoms with Crippen LogP contribution in [-0.2, 0) is 4.74 Å². The molecule has 8 nitrogen and oxygen atoms in total. The van der Waals surface area contributed by atoms with Gasteiger partial charge in [-0.1, -0.05) is 0 Å². The maximum atomic E-state index is 15.0. The summed E-state index contributed by atoms with van der Waals surface area (Å²) in [7, 11) is 0. The van der Waals surface area contributed by atoms with E-state index >= 15 is 0 Å². The number of amides is 1. The van der Waals surface area contributed by atoms with Crippen molar-refractivity contribution < 1.29 is 31.8 Å². The highest BCUT2D eigenvalue weighted by atomic mass is 79.9. The number of benzene rings is 1. The largest absolute Gasteiger partial charge is 0.454 e. The van der Waals surface area contributed by atoms with Crippen LogP contribution < -0.4 is 15.4 Å². The monoisotopic (exact) mass is 549 g/mol. The second-order valence-corrected chi connectivity index (χ2v) is 10.2. The van der Waals surface area contributed by atoms with E-state index in [0.717, 1.165) is 12.8 Å². The lowest BCUT2D eigenvalue weighted by molar-refractivity contribution is -0.154. The number of ether oxygens (including phenoxy) is 2. The smallest absolute Gasteiger partial charge is 0.422 e. The fraction of sp³-hybridized carbons (Fsp3) is 0.571. The van der Waals surface area contributed by atoms with Crippen LogP contribution in [0.3, 0.4) is 0 Å². The Labute approximate surface area is 201 Å². The summed E-state index contributed by atoms with van der Waals surface area (Å²) in [4.78, 5) is 24.3. The topological polar surface area (TPSA) is 93.8 Å². The van der Waals surface area contributed by atoms with Gasteiger partial charge >= 0.3 is 18.3 Å². The van der Waals surface area contributed by atoms with E-state index in [0.29, 0.717) is 13.1 Å². The number of hydrogen-bond acceptors (Lipinski definition) is 7. The van der Waals surface area contributed by atoms with Crippen molar-refractivity contribution in [3.05, 3.63) is 16.4 Å². The van der Waals surface area contributed by atoms with Crippen molar-refractivity contribution in [1.29, 1.82) is 0 Å². The molecule has 34 heavy (non-hydrogen) atoms. The lowest BCUT2D eigenvalue weighted by Crippen LogP contribution is -2.57. The Morgan fingerprint density at radius 3 is 2.38 bits per heavy atom. The van der Waals surface area contributed by atoms with Crippen LogP contribution in [-0.4, -0.2) is 64.5 Å². The summed E-state index contributed by atoms with van der Waals surface area (Å²) in [5, 5.41) is 0.239. The summed E-state index contributed by atoms with van der Waals surface area (Å²) < 4.78 is 63.3. The normalized spacial score (nSPS) is 20.7. The van der Waals surface area contributed by atoms with Gasteiger partial charge < -0.3 is 20.1 Å². The number of rotatable bonds is 3. The minimum atomic E-state index is -4.61. The fourth-order valence-corrected chi connectivity index (χ4v) is 4.63. The van der Waals surface area contributed by atoms with Crippen molar-refractivity contribution in [2.45, 2.75) is 57.5 Å². The maximum Gasteiger partial charge on any atom is 0.422 e. The molecule has 1 amide bonds. The molecule has 0 saturated carbocycles. The van der Waals surface area contributed by atoms with Gasteiger partial charge in [-0.15, -0.1) is 0 Å². The van der Waals surface area contributed by atoms with Gasteiger partial charge in [-0.3, -0.25) is 4.90 Å². The predicted octanol–water partition coefficient (Wildman–Crippen LogP) is 4.64. The Bertz CT molecular complexity index is 1110. The highest BCUT2D eigenvalue weighted by molar-refractivity contribution is 9.10. The fourth-order valence-electron chi connectivity index (χ4n) is 4.33. The highest BCUT2D eigenvalue weighted by Crippen LogP contribution is 2.39. The molecule has 3 heterocycles. The Kier molecular flexibility index (Phi) is 6.19. The van der Waals surface area contributed by atoms with Crippen molar-refractivity contribution in [1.82, 2.24) is 14.9 Å². The zero-order chi connectivity index (χ0) is 25.0. The van der Waals surface area contributed by atoms with Crippen LogP contribution in [0.4, 0.5) is 33.9 Å². The molecule has 2 aliphatic heterocycles. The Balaban J connectivity index is 1.70. The van der Waals surface area contributed by atoms with E-state index in [4.69, 9.17) is 15.2 Å². The molecule has 2 aromatic rings. The van der Waals surface area contributed by atoms with Gasteiger partial charge in [0.05, 0.1) is 16.6 Å². The lowest BCUT2D eigenvalue weighted by atomic mass is 10.1. The summed E-state index contributed by atoms with van der Waals surface area (Å²) in [6.07, 6.45) is -3.58. The molecule has 1 aromatic carbocycles. The molecule has 186 valence electrons. The van der Waals surface area contributed by atoms with Crippen LogP contribution in [0.25, 0.3) is 10.9 Å². The van der Waals surface area contributed by atoms with Crippen LogP contribution >= 0.6 is 15.9 Å². The Morgan fingerprint density at radius 1 is 1.21 bits per heavy atom. The number of nitrogens with two attached hydrogens (primary N) is 1. The third-order valence-electron chi connectivity index (χ3n) is 5.61. The van der Waals surface area contributed by atoms with E-state index in [1.807, 2.05) is 0 Å². The van der Waals surface area contributed by atoms with E-state index < -0.39 is 36.3 Å². The molecular weight excluding hydrogens is 526 g/mol. The van der Waals surface area contributed by atoms with Crippen molar-refractivity contribution in [3.63, 3.8) is 0 Å². The first-order chi connectivity index (χ1) is 15.7. The van der Waals surface area contributed by atoms with Crippen LogP contribution in [0.1, 0.15) is 33.6 Å². The summed E-state index contributed by atoms with van der Waals surface area (Å²) in [5.41, 5.74) is 5.14. The molecule has 1 aromatic heterocycles. The number of nitrogens with zero attached hydrogens (tertiary/aromatic N) is 4. The predicted molar refractivity (Wildman–Crippen MR) is 120 cm³/mol. The number of hydrogen-bond donors (Lipinski definition) is 1.